The molecule has 1 nitrogen and oxygen atoms in total. The van der Waals surface area contributed by atoms with Crippen molar-refractivity contribution in [1.82, 2.24) is 4.98 Å². The Bertz CT molecular complexity index is 970. The molecule has 0 atom stereocenters. The second kappa shape index (κ2) is 6.42. The first kappa shape index (κ1) is 14.9. The Morgan fingerprint density at radius 2 is 1.38 bits per heavy atom. The molecule has 0 bridgehead atoms. The number of hydrogen-bond donors (Lipinski definition) is 0. The van der Waals surface area contributed by atoms with Crippen molar-refractivity contribution in [3.63, 3.8) is 0 Å². The summed E-state index contributed by atoms with van der Waals surface area (Å²) in [6.45, 7) is 2.11. The minimum Gasteiger partial charge on any atom is -0.236 e. The van der Waals surface area contributed by atoms with Crippen LogP contribution in [0.1, 0.15) is 5.56 Å². The number of thiazole rings is 1. The molecule has 0 N–H and O–H groups in total. The van der Waals surface area contributed by atoms with Crippen molar-refractivity contribution in [3.8, 4) is 33.0 Å². The molecule has 0 radical (unpaired) electrons. The van der Waals surface area contributed by atoms with Gasteiger partial charge in [0.25, 0.3) is 0 Å². The topological polar surface area (TPSA) is 12.9 Å². The fourth-order valence-electron chi connectivity index (χ4n) is 2.81. The van der Waals surface area contributed by atoms with E-state index >= 15 is 0 Å². The van der Waals surface area contributed by atoms with Crippen molar-refractivity contribution < 1.29 is 0 Å². The second-order valence-corrected chi connectivity index (χ2v) is 6.71. The molecular formula is C22H17NS. The van der Waals surface area contributed by atoms with Crippen molar-refractivity contribution in [2.45, 2.75) is 6.92 Å². The summed E-state index contributed by atoms with van der Waals surface area (Å²) in [7, 11) is 0. The smallest absolute Gasteiger partial charge is 0.124 e. The van der Waals surface area contributed by atoms with E-state index in [1.165, 1.54) is 22.3 Å². The monoisotopic (exact) mass is 327 g/mol. The Hall–Kier alpha value is -2.71. The van der Waals surface area contributed by atoms with Gasteiger partial charge in [-0.3, -0.25) is 0 Å². The quantitative estimate of drug-likeness (QED) is 0.421. The molecule has 0 amide bonds. The molecule has 4 aromatic rings. The van der Waals surface area contributed by atoms with E-state index < -0.39 is 0 Å². The van der Waals surface area contributed by atoms with Crippen LogP contribution in [0.15, 0.2) is 84.2 Å². The molecule has 1 aromatic heterocycles. The first-order valence-corrected chi connectivity index (χ1v) is 8.86. The molecule has 2 heteroatoms. The van der Waals surface area contributed by atoms with Crippen LogP contribution in [0.5, 0.6) is 0 Å². The van der Waals surface area contributed by atoms with E-state index in [9.17, 15) is 0 Å². The van der Waals surface area contributed by atoms with Gasteiger partial charge in [-0.15, -0.1) is 11.3 Å². The highest BCUT2D eigenvalue weighted by atomic mass is 32.1. The molecule has 0 spiro atoms. The number of aryl methyl sites for hydroxylation is 1. The van der Waals surface area contributed by atoms with Crippen LogP contribution in [0.25, 0.3) is 33.0 Å². The summed E-state index contributed by atoms with van der Waals surface area (Å²) in [5.74, 6) is 0. The SMILES string of the molecule is Cc1cccc(-c2nc(-c3cccc(-c4ccccc4)c3)cs2)c1. The van der Waals surface area contributed by atoms with Crippen molar-refractivity contribution in [1.29, 1.82) is 0 Å². The number of hydrogen-bond acceptors (Lipinski definition) is 2. The highest BCUT2D eigenvalue weighted by Gasteiger charge is 2.08. The molecule has 0 aliphatic carbocycles. The molecule has 4 rings (SSSR count). The van der Waals surface area contributed by atoms with Crippen molar-refractivity contribution in [2.75, 3.05) is 0 Å². The van der Waals surface area contributed by atoms with Crippen LogP contribution in [0.3, 0.4) is 0 Å². The lowest BCUT2D eigenvalue weighted by atomic mass is 10.0. The third kappa shape index (κ3) is 3.01. The summed E-state index contributed by atoms with van der Waals surface area (Å²) in [6, 6.07) is 27.5. The van der Waals surface area contributed by atoms with Gasteiger partial charge >= 0.3 is 0 Å². The zero-order chi connectivity index (χ0) is 16.4. The average Bonchev–Trinajstić information content (AvgIpc) is 3.13. The van der Waals surface area contributed by atoms with Crippen molar-refractivity contribution in [2.24, 2.45) is 0 Å². The van der Waals surface area contributed by atoms with Crippen LogP contribution in [-0.4, -0.2) is 4.98 Å². The van der Waals surface area contributed by atoms with Crippen LogP contribution in [0.2, 0.25) is 0 Å². The van der Waals surface area contributed by atoms with E-state index in [4.69, 9.17) is 4.98 Å². The summed E-state index contributed by atoms with van der Waals surface area (Å²) in [4.78, 5) is 4.85. The lowest BCUT2D eigenvalue weighted by Gasteiger charge is -2.04. The van der Waals surface area contributed by atoms with E-state index in [-0.39, 0.29) is 0 Å². The van der Waals surface area contributed by atoms with Gasteiger partial charge in [-0.25, -0.2) is 4.98 Å². The first-order chi connectivity index (χ1) is 11.8. The Balaban J connectivity index is 1.70. The molecule has 116 valence electrons. The minimum atomic E-state index is 1.04. The Morgan fingerprint density at radius 1 is 0.667 bits per heavy atom. The highest BCUT2D eigenvalue weighted by molar-refractivity contribution is 7.13. The van der Waals surface area contributed by atoms with E-state index in [1.807, 2.05) is 6.07 Å². The summed E-state index contributed by atoms with van der Waals surface area (Å²) in [5, 5.41) is 3.21. The third-order valence-corrected chi connectivity index (χ3v) is 4.93. The molecule has 0 aliphatic rings. The fourth-order valence-corrected chi connectivity index (χ4v) is 3.63. The Labute approximate surface area is 146 Å². The fraction of sp³-hybridized carbons (Fsp3) is 0.0455. The minimum absolute atomic E-state index is 1.04. The van der Waals surface area contributed by atoms with E-state index in [1.54, 1.807) is 11.3 Å². The normalized spacial score (nSPS) is 10.7. The van der Waals surface area contributed by atoms with Gasteiger partial charge in [0.05, 0.1) is 5.69 Å². The van der Waals surface area contributed by atoms with Gasteiger partial charge in [0.1, 0.15) is 5.01 Å². The maximum atomic E-state index is 4.85. The maximum Gasteiger partial charge on any atom is 0.124 e. The second-order valence-electron chi connectivity index (χ2n) is 5.85. The summed E-state index contributed by atoms with van der Waals surface area (Å²) >= 11 is 1.70. The van der Waals surface area contributed by atoms with E-state index in [2.05, 4.69) is 85.1 Å². The van der Waals surface area contributed by atoms with Gasteiger partial charge in [-0.05, 0) is 30.2 Å². The van der Waals surface area contributed by atoms with Gasteiger partial charge in [0, 0.05) is 16.5 Å². The summed E-state index contributed by atoms with van der Waals surface area (Å²) in [5.41, 5.74) is 7.09. The van der Waals surface area contributed by atoms with Gasteiger partial charge in [-0.1, -0.05) is 72.3 Å². The largest absolute Gasteiger partial charge is 0.236 e. The van der Waals surface area contributed by atoms with Crippen LogP contribution in [-0.2, 0) is 0 Å². The molecule has 1 heterocycles. The van der Waals surface area contributed by atoms with Crippen LogP contribution in [0.4, 0.5) is 0 Å². The van der Waals surface area contributed by atoms with Crippen LogP contribution < -0.4 is 0 Å². The number of nitrogens with zero attached hydrogens (tertiary/aromatic N) is 1. The predicted molar refractivity (Wildman–Crippen MR) is 103 cm³/mol. The average molecular weight is 327 g/mol. The van der Waals surface area contributed by atoms with E-state index in [0.717, 1.165) is 16.3 Å². The van der Waals surface area contributed by atoms with Crippen LogP contribution >= 0.6 is 11.3 Å². The van der Waals surface area contributed by atoms with Gasteiger partial charge in [0.2, 0.25) is 0 Å². The molecule has 3 aromatic carbocycles. The van der Waals surface area contributed by atoms with E-state index in [0.29, 0.717) is 0 Å². The van der Waals surface area contributed by atoms with Gasteiger partial charge in [-0.2, -0.15) is 0 Å². The molecule has 0 unspecified atom stereocenters. The summed E-state index contributed by atoms with van der Waals surface area (Å²) < 4.78 is 0. The van der Waals surface area contributed by atoms with Crippen LogP contribution in [0, 0.1) is 6.92 Å². The zero-order valence-electron chi connectivity index (χ0n) is 13.4. The number of rotatable bonds is 3. The Morgan fingerprint density at radius 3 is 2.21 bits per heavy atom. The molecule has 0 fully saturated rings. The predicted octanol–water partition coefficient (Wildman–Crippen LogP) is 6.45. The zero-order valence-corrected chi connectivity index (χ0v) is 14.3. The lowest BCUT2D eigenvalue weighted by molar-refractivity contribution is 1.39. The molecule has 0 aliphatic heterocycles. The van der Waals surface area contributed by atoms with Gasteiger partial charge < -0.3 is 0 Å². The molecule has 0 saturated carbocycles. The summed E-state index contributed by atoms with van der Waals surface area (Å²) in [6.07, 6.45) is 0. The van der Waals surface area contributed by atoms with Crippen molar-refractivity contribution >= 4 is 11.3 Å². The van der Waals surface area contributed by atoms with Gasteiger partial charge in [0.15, 0.2) is 0 Å². The number of aromatic nitrogens is 1. The first-order valence-electron chi connectivity index (χ1n) is 7.98. The van der Waals surface area contributed by atoms with Crippen molar-refractivity contribution in [3.05, 3.63) is 89.8 Å². The maximum absolute atomic E-state index is 4.85. The lowest BCUT2D eigenvalue weighted by Crippen LogP contribution is -1.82. The third-order valence-electron chi connectivity index (χ3n) is 4.03. The Kier molecular flexibility index (Phi) is 3.97. The highest BCUT2D eigenvalue weighted by Crippen LogP contribution is 2.31. The standard InChI is InChI=1S/C22H17NS/c1-16-7-5-12-20(13-16)22-23-21(15-24-22)19-11-6-10-18(14-19)17-8-3-2-4-9-17/h2-15H,1H3. The number of benzene rings is 3. The molecular weight excluding hydrogens is 310 g/mol. The molecule has 0 saturated heterocycles. The molecule has 24 heavy (non-hydrogen) atoms.